The third-order valence-electron chi connectivity index (χ3n) is 10.6. The van der Waals surface area contributed by atoms with Gasteiger partial charge in [0.2, 0.25) is 5.91 Å². The van der Waals surface area contributed by atoms with Gasteiger partial charge >= 0.3 is 5.97 Å². The molecule has 1 saturated heterocycles. The minimum absolute atomic E-state index is 0.108. The van der Waals surface area contributed by atoms with Gasteiger partial charge in [-0.3, -0.25) is 14.5 Å². The van der Waals surface area contributed by atoms with Crippen molar-refractivity contribution in [3.63, 3.8) is 0 Å². The van der Waals surface area contributed by atoms with Crippen molar-refractivity contribution in [1.29, 1.82) is 0 Å². The predicted octanol–water partition coefficient (Wildman–Crippen LogP) is 9.71. The van der Waals surface area contributed by atoms with Crippen LogP contribution in [0.15, 0.2) is 41.8 Å². The number of piperazine rings is 1. The first-order valence-electron chi connectivity index (χ1n) is 19.1. The molecule has 0 saturated carbocycles. The van der Waals surface area contributed by atoms with Crippen LogP contribution in [0.5, 0.6) is 0 Å². The van der Waals surface area contributed by atoms with Crippen molar-refractivity contribution in [3.05, 3.63) is 58.7 Å². The Hall–Kier alpha value is -2.97. The number of ether oxygens (including phenoxy) is 1. The molecule has 0 aliphatic carbocycles. The molecule has 268 valence electrons. The minimum Gasteiger partial charge on any atom is -0.469 e. The molecule has 5 rings (SSSR count). The second kappa shape index (κ2) is 19.4. The summed E-state index contributed by atoms with van der Waals surface area (Å²) in [6, 6.07) is 12.6. The number of unbranched alkanes of at least 4 members (excludes halogenated alkanes) is 9. The number of amides is 1. The number of nitrogens with zero attached hydrogens (tertiary/aromatic N) is 3. The number of rotatable bonds is 20. The average molecular weight is 692 g/mol. The Balaban J connectivity index is 1.14. The maximum absolute atomic E-state index is 14.3. The smallest absolute Gasteiger partial charge is 0.305 e. The van der Waals surface area contributed by atoms with E-state index >= 15 is 0 Å². The highest BCUT2D eigenvalue weighted by Crippen LogP contribution is 2.35. The molecule has 3 heterocycles. The van der Waals surface area contributed by atoms with E-state index in [0.29, 0.717) is 18.7 Å². The summed E-state index contributed by atoms with van der Waals surface area (Å²) in [5, 5.41) is 3.20. The van der Waals surface area contributed by atoms with Gasteiger partial charge in [-0.2, -0.15) is 0 Å². The molecule has 1 aromatic heterocycles. The zero-order valence-electron chi connectivity index (χ0n) is 30.0. The van der Waals surface area contributed by atoms with Gasteiger partial charge in [-0.1, -0.05) is 83.3 Å². The number of hydrogen-bond acceptors (Lipinski definition) is 6. The van der Waals surface area contributed by atoms with Gasteiger partial charge in [0.25, 0.3) is 0 Å². The summed E-state index contributed by atoms with van der Waals surface area (Å²) in [6.07, 6.45) is 17.9. The van der Waals surface area contributed by atoms with Crippen LogP contribution in [0.2, 0.25) is 0 Å². The fourth-order valence-electron chi connectivity index (χ4n) is 7.72. The quantitative estimate of drug-likeness (QED) is 0.0873. The first-order valence-corrected chi connectivity index (χ1v) is 20.0. The van der Waals surface area contributed by atoms with Crippen molar-refractivity contribution in [2.45, 2.75) is 122 Å². The number of hydrogen-bond donors (Lipinski definition) is 0. The number of aryl methyl sites for hydroxylation is 1. The van der Waals surface area contributed by atoms with E-state index < -0.39 is 0 Å². The Morgan fingerprint density at radius 3 is 2.31 bits per heavy atom. The van der Waals surface area contributed by atoms with Crippen LogP contribution in [0.3, 0.4) is 0 Å². The highest BCUT2D eigenvalue weighted by Gasteiger charge is 2.30. The van der Waals surface area contributed by atoms with Crippen LogP contribution in [-0.2, 0) is 27.2 Å². The number of carbonyl (C=O) groups excluding carboxylic acids is 2. The Kier molecular flexibility index (Phi) is 14.8. The van der Waals surface area contributed by atoms with Crippen LogP contribution in [0, 0.1) is 5.82 Å². The molecule has 8 heteroatoms. The van der Waals surface area contributed by atoms with Gasteiger partial charge in [-0.25, -0.2) is 4.39 Å². The summed E-state index contributed by atoms with van der Waals surface area (Å²) in [5.41, 5.74) is 4.81. The van der Waals surface area contributed by atoms with Crippen molar-refractivity contribution >= 4 is 44.7 Å². The summed E-state index contributed by atoms with van der Waals surface area (Å²) in [5.74, 6) is 0.0305. The first kappa shape index (κ1) is 37.3. The Morgan fingerprint density at radius 1 is 0.857 bits per heavy atom. The third kappa shape index (κ3) is 10.8. The number of halogens is 1. The van der Waals surface area contributed by atoms with Crippen molar-refractivity contribution in [2.75, 3.05) is 49.6 Å². The second-order valence-corrected chi connectivity index (χ2v) is 15.1. The lowest BCUT2D eigenvalue weighted by molar-refractivity contribution is -0.140. The van der Waals surface area contributed by atoms with Crippen molar-refractivity contribution < 1.29 is 18.7 Å². The van der Waals surface area contributed by atoms with E-state index in [0.717, 1.165) is 99.1 Å². The number of benzene rings is 2. The summed E-state index contributed by atoms with van der Waals surface area (Å²) < 4.78 is 20.1. The maximum atomic E-state index is 14.3. The normalized spacial score (nSPS) is 15.9. The summed E-state index contributed by atoms with van der Waals surface area (Å²) >= 11 is 1.60. The lowest BCUT2D eigenvalue weighted by atomic mass is 9.92. The van der Waals surface area contributed by atoms with Gasteiger partial charge < -0.3 is 14.5 Å². The highest BCUT2D eigenvalue weighted by molar-refractivity contribution is 7.17. The first-order chi connectivity index (χ1) is 24.0. The third-order valence-corrected chi connectivity index (χ3v) is 11.5. The molecule has 2 aliphatic heterocycles. The number of fused-ring (bicyclic) bond motifs is 2. The molecule has 2 aliphatic rings. The van der Waals surface area contributed by atoms with Crippen LogP contribution < -0.4 is 9.80 Å². The number of carbonyl (C=O) groups is 2. The van der Waals surface area contributed by atoms with Crippen LogP contribution in [0.4, 0.5) is 15.8 Å². The lowest BCUT2D eigenvalue weighted by Gasteiger charge is -2.37. The number of thiophene rings is 1. The minimum atomic E-state index is -0.156. The van der Waals surface area contributed by atoms with E-state index in [-0.39, 0.29) is 17.8 Å². The summed E-state index contributed by atoms with van der Waals surface area (Å²) in [4.78, 5) is 32.0. The molecule has 2 aromatic carbocycles. The Bertz CT molecular complexity index is 1480. The van der Waals surface area contributed by atoms with Crippen LogP contribution in [0.25, 0.3) is 10.1 Å². The molecule has 3 aromatic rings. The predicted molar refractivity (Wildman–Crippen MR) is 203 cm³/mol. The molecule has 1 amide bonds. The second-order valence-electron chi connectivity index (χ2n) is 14.2. The SMILES string of the molecule is CCCCCCC(CCCCCCCCCC(=O)OC)N1C(=O)CCc2ccc(CCN3CCN(c4cc(F)cc5sccc45)CC3)cc21. The Labute approximate surface area is 298 Å². The van der Waals surface area contributed by atoms with Crippen molar-refractivity contribution in [3.8, 4) is 0 Å². The van der Waals surface area contributed by atoms with Crippen molar-refractivity contribution in [1.82, 2.24) is 4.90 Å². The lowest BCUT2D eigenvalue weighted by Crippen LogP contribution is -2.47. The van der Waals surface area contributed by atoms with E-state index in [9.17, 15) is 14.0 Å². The molecule has 0 bridgehead atoms. The Morgan fingerprint density at radius 2 is 1.57 bits per heavy atom. The van der Waals surface area contributed by atoms with Gasteiger partial charge in [0.15, 0.2) is 0 Å². The van der Waals surface area contributed by atoms with E-state index in [1.165, 1.54) is 69.6 Å². The summed E-state index contributed by atoms with van der Waals surface area (Å²) in [6.45, 7) is 6.97. The zero-order valence-corrected chi connectivity index (χ0v) is 30.8. The monoisotopic (exact) mass is 691 g/mol. The molecule has 0 N–H and O–H groups in total. The maximum Gasteiger partial charge on any atom is 0.305 e. The van der Waals surface area contributed by atoms with Crippen molar-refractivity contribution in [2.24, 2.45) is 0 Å². The van der Waals surface area contributed by atoms with Gasteiger partial charge in [0.05, 0.1) is 7.11 Å². The van der Waals surface area contributed by atoms with Gasteiger partial charge in [-0.05, 0) is 72.9 Å². The van der Waals surface area contributed by atoms with Gasteiger partial charge in [-0.15, -0.1) is 11.3 Å². The van der Waals surface area contributed by atoms with E-state index in [1.807, 2.05) is 5.38 Å². The molecule has 49 heavy (non-hydrogen) atoms. The van der Waals surface area contributed by atoms with Gasteiger partial charge in [0, 0.05) is 73.1 Å². The van der Waals surface area contributed by atoms with Crippen LogP contribution in [-0.4, -0.2) is 62.7 Å². The number of esters is 1. The highest BCUT2D eigenvalue weighted by atomic mass is 32.1. The molecular formula is C41H58FN3O3S. The van der Waals surface area contributed by atoms with E-state index in [4.69, 9.17) is 4.74 Å². The van der Waals surface area contributed by atoms with Gasteiger partial charge in [0.1, 0.15) is 5.82 Å². The van der Waals surface area contributed by atoms with Crippen LogP contribution in [0.1, 0.15) is 114 Å². The molecule has 0 spiro atoms. The molecule has 1 unspecified atom stereocenters. The topological polar surface area (TPSA) is 53.1 Å². The molecular weight excluding hydrogens is 634 g/mol. The fourth-order valence-corrected chi connectivity index (χ4v) is 8.55. The summed E-state index contributed by atoms with van der Waals surface area (Å²) in [7, 11) is 1.46. The molecule has 1 fully saturated rings. The standard InChI is InChI=1S/C41H58FN3O3S/c1-3-4-5-11-14-35(15-12-9-7-6-8-10-13-16-41(47)48-2)45-37-29-32(17-18-33(37)19-20-40(45)46)21-23-43-24-26-44(27-25-43)38-30-34(42)31-39-36(38)22-28-49-39/h17-18,22,28-31,35H,3-16,19-21,23-27H2,1-2H3. The van der Waals surface area contributed by atoms with E-state index in [2.05, 4.69) is 45.9 Å². The number of anilines is 2. The molecule has 1 atom stereocenters. The zero-order chi connectivity index (χ0) is 34.4. The molecule has 0 radical (unpaired) electrons. The van der Waals surface area contributed by atoms with Crippen LogP contribution >= 0.6 is 11.3 Å². The fraction of sp³-hybridized carbons (Fsp3) is 0.610. The average Bonchev–Trinajstić information content (AvgIpc) is 3.59. The number of methoxy groups -OCH3 is 1. The largest absolute Gasteiger partial charge is 0.469 e. The van der Waals surface area contributed by atoms with E-state index in [1.54, 1.807) is 23.5 Å². The molecule has 6 nitrogen and oxygen atoms in total.